The van der Waals surface area contributed by atoms with E-state index < -0.39 is 9.84 Å². The van der Waals surface area contributed by atoms with Crippen LogP contribution in [0.5, 0.6) is 0 Å². The molecule has 0 aromatic rings. The molecule has 7 heteroatoms. The van der Waals surface area contributed by atoms with E-state index in [0.717, 1.165) is 0 Å². The first-order valence-corrected chi connectivity index (χ1v) is 7.70. The van der Waals surface area contributed by atoms with Gasteiger partial charge in [-0.3, -0.25) is 0 Å². The van der Waals surface area contributed by atoms with Crippen molar-refractivity contribution in [2.75, 3.05) is 38.9 Å². The number of ether oxygens (including phenoxy) is 3. The second kappa shape index (κ2) is 6.30. The summed E-state index contributed by atoms with van der Waals surface area (Å²) in [4.78, 5) is -0.145. The molecule has 2 atom stereocenters. The molecule has 0 amide bonds. The quantitative estimate of drug-likeness (QED) is 0.656. The van der Waals surface area contributed by atoms with Gasteiger partial charge in [0, 0.05) is 14.2 Å². The van der Waals surface area contributed by atoms with Gasteiger partial charge in [0.2, 0.25) is 0 Å². The zero-order valence-corrected chi connectivity index (χ0v) is 11.8. The van der Waals surface area contributed by atoms with Crippen LogP contribution >= 0.6 is 15.9 Å². The smallest absolute Gasteiger partial charge is 0.154 e. The molecule has 0 bridgehead atoms. The lowest BCUT2D eigenvalue weighted by atomic mass is 10.3. The largest absolute Gasteiger partial charge is 0.382 e. The van der Waals surface area contributed by atoms with Crippen LogP contribution in [-0.2, 0) is 24.0 Å². The van der Waals surface area contributed by atoms with E-state index in [1.165, 1.54) is 0 Å². The number of sulfone groups is 1. The van der Waals surface area contributed by atoms with Crippen molar-refractivity contribution in [1.82, 2.24) is 0 Å². The Morgan fingerprint density at radius 3 is 2.19 bits per heavy atom. The molecule has 5 nitrogen and oxygen atoms in total. The van der Waals surface area contributed by atoms with E-state index in [1.54, 1.807) is 14.2 Å². The Labute approximate surface area is 104 Å². The average molecular weight is 317 g/mol. The molecule has 2 unspecified atom stereocenters. The van der Waals surface area contributed by atoms with Crippen LogP contribution in [0.1, 0.15) is 0 Å². The Bertz CT molecular complexity index is 299. The normalized spacial score (nSPS) is 28.8. The van der Waals surface area contributed by atoms with Crippen molar-refractivity contribution >= 4 is 25.8 Å². The van der Waals surface area contributed by atoms with Gasteiger partial charge in [-0.1, -0.05) is 15.9 Å². The summed E-state index contributed by atoms with van der Waals surface area (Å²) in [5, 5.41) is 0. The van der Waals surface area contributed by atoms with Gasteiger partial charge >= 0.3 is 0 Å². The summed E-state index contributed by atoms with van der Waals surface area (Å²) >= 11 is 3.33. The number of halogens is 1. The van der Waals surface area contributed by atoms with Crippen molar-refractivity contribution in [3.63, 3.8) is 0 Å². The molecule has 1 aliphatic heterocycles. The molecule has 0 N–H and O–H groups in total. The third-order valence-corrected chi connectivity index (χ3v) is 5.35. The minimum absolute atomic E-state index is 0.0623. The standard InChI is InChI=1S/C9H17BrO5S/c1-13-3-7(4-14-2)15-9-6-16(11,12)5-8(9)10/h7-9H,3-6H2,1-2H3. The predicted molar refractivity (Wildman–Crippen MR) is 63.8 cm³/mol. The molecule has 1 fully saturated rings. The van der Waals surface area contributed by atoms with Crippen molar-refractivity contribution in [2.24, 2.45) is 0 Å². The van der Waals surface area contributed by atoms with Gasteiger partial charge in [-0.15, -0.1) is 0 Å². The molecule has 96 valence electrons. The summed E-state index contributed by atoms with van der Waals surface area (Å²) in [5.41, 5.74) is 0. The van der Waals surface area contributed by atoms with E-state index in [-0.39, 0.29) is 28.5 Å². The zero-order chi connectivity index (χ0) is 12.2. The second-order valence-electron chi connectivity index (χ2n) is 3.80. The summed E-state index contributed by atoms with van der Waals surface area (Å²) in [6.45, 7) is 0.786. The van der Waals surface area contributed by atoms with Crippen molar-refractivity contribution in [3.05, 3.63) is 0 Å². The molecule has 1 rings (SSSR count). The van der Waals surface area contributed by atoms with Crippen molar-refractivity contribution < 1.29 is 22.6 Å². The minimum Gasteiger partial charge on any atom is -0.382 e. The number of rotatable bonds is 6. The highest BCUT2D eigenvalue weighted by Gasteiger charge is 2.38. The van der Waals surface area contributed by atoms with Crippen LogP contribution < -0.4 is 0 Å². The number of methoxy groups -OCH3 is 2. The first-order valence-electron chi connectivity index (χ1n) is 4.96. The minimum atomic E-state index is -2.97. The molecular weight excluding hydrogens is 300 g/mol. The zero-order valence-electron chi connectivity index (χ0n) is 9.39. The molecule has 0 radical (unpaired) electrons. The monoisotopic (exact) mass is 316 g/mol. The highest BCUT2D eigenvalue weighted by Crippen LogP contribution is 2.23. The Balaban J connectivity index is 2.51. The lowest BCUT2D eigenvalue weighted by Gasteiger charge is -2.22. The Morgan fingerprint density at radius 2 is 1.81 bits per heavy atom. The summed E-state index contributed by atoms with van der Waals surface area (Å²) in [7, 11) is 0.171. The van der Waals surface area contributed by atoms with Crippen LogP contribution in [-0.4, -0.2) is 64.4 Å². The molecule has 0 aromatic heterocycles. The maximum Gasteiger partial charge on any atom is 0.154 e. The van der Waals surface area contributed by atoms with Gasteiger partial charge < -0.3 is 14.2 Å². The Morgan fingerprint density at radius 1 is 1.25 bits per heavy atom. The van der Waals surface area contributed by atoms with E-state index in [4.69, 9.17) is 14.2 Å². The highest BCUT2D eigenvalue weighted by molar-refractivity contribution is 9.09. The second-order valence-corrected chi connectivity index (χ2v) is 7.13. The van der Waals surface area contributed by atoms with Crippen molar-refractivity contribution in [1.29, 1.82) is 0 Å². The first kappa shape index (κ1) is 14.4. The summed E-state index contributed by atoms with van der Waals surface area (Å²) in [5.74, 6) is 0.192. The molecule has 1 heterocycles. The van der Waals surface area contributed by atoms with Crippen molar-refractivity contribution in [2.45, 2.75) is 17.0 Å². The Hall–Kier alpha value is 0.310. The topological polar surface area (TPSA) is 61.8 Å². The summed E-state index contributed by atoms with van der Waals surface area (Å²) < 4.78 is 38.4. The van der Waals surface area contributed by atoms with Gasteiger partial charge in [-0.05, 0) is 0 Å². The maximum absolute atomic E-state index is 11.4. The van der Waals surface area contributed by atoms with Crippen LogP contribution in [0.3, 0.4) is 0 Å². The molecular formula is C9H17BrO5S. The number of hydrogen-bond donors (Lipinski definition) is 0. The Kier molecular flexibility index (Phi) is 5.66. The van der Waals surface area contributed by atoms with Gasteiger partial charge in [0.05, 0.1) is 35.7 Å². The number of alkyl halides is 1. The number of hydrogen-bond acceptors (Lipinski definition) is 5. The summed E-state index contributed by atoms with van der Waals surface area (Å²) in [6, 6.07) is 0. The van der Waals surface area contributed by atoms with E-state index >= 15 is 0 Å². The van der Waals surface area contributed by atoms with Crippen LogP contribution in [0.4, 0.5) is 0 Å². The van der Waals surface area contributed by atoms with E-state index in [9.17, 15) is 8.42 Å². The third kappa shape index (κ3) is 4.29. The molecule has 0 saturated carbocycles. The maximum atomic E-state index is 11.4. The molecule has 0 spiro atoms. The average Bonchev–Trinajstić information content (AvgIpc) is 2.40. The molecule has 1 saturated heterocycles. The van der Waals surface area contributed by atoms with Gasteiger partial charge in [0.15, 0.2) is 9.84 Å². The lowest BCUT2D eigenvalue weighted by Crippen LogP contribution is -2.34. The lowest BCUT2D eigenvalue weighted by molar-refractivity contribution is -0.0675. The summed E-state index contributed by atoms with van der Waals surface area (Å²) in [6.07, 6.45) is -0.548. The van der Waals surface area contributed by atoms with Crippen LogP contribution in [0.25, 0.3) is 0 Å². The van der Waals surface area contributed by atoms with E-state index in [2.05, 4.69) is 15.9 Å². The fraction of sp³-hybridized carbons (Fsp3) is 1.00. The van der Waals surface area contributed by atoms with E-state index in [1.807, 2.05) is 0 Å². The van der Waals surface area contributed by atoms with Crippen LogP contribution in [0.15, 0.2) is 0 Å². The molecule has 0 aromatic carbocycles. The van der Waals surface area contributed by atoms with E-state index in [0.29, 0.717) is 13.2 Å². The fourth-order valence-electron chi connectivity index (χ4n) is 1.64. The molecule has 1 aliphatic rings. The first-order chi connectivity index (χ1) is 7.48. The van der Waals surface area contributed by atoms with Crippen LogP contribution in [0, 0.1) is 0 Å². The molecule has 16 heavy (non-hydrogen) atoms. The SMILES string of the molecule is COCC(COC)OC1CS(=O)(=O)CC1Br. The van der Waals surface area contributed by atoms with Gasteiger partial charge in [-0.2, -0.15) is 0 Å². The fourth-order valence-corrected chi connectivity index (χ4v) is 5.06. The van der Waals surface area contributed by atoms with Crippen molar-refractivity contribution in [3.8, 4) is 0 Å². The van der Waals surface area contributed by atoms with Gasteiger partial charge in [0.25, 0.3) is 0 Å². The highest BCUT2D eigenvalue weighted by atomic mass is 79.9. The van der Waals surface area contributed by atoms with Crippen LogP contribution in [0.2, 0.25) is 0 Å². The van der Waals surface area contributed by atoms with Gasteiger partial charge in [0.1, 0.15) is 6.10 Å². The predicted octanol–water partition coefficient (Wildman–Crippen LogP) is 0.225. The molecule has 0 aliphatic carbocycles. The van der Waals surface area contributed by atoms with Gasteiger partial charge in [-0.25, -0.2) is 8.42 Å². The third-order valence-electron chi connectivity index (χ3n) is 2.31.